The van der Waals surface area contributed by atoms with Gasteiger partial charge in [0.15, 0.2) is 0 Å². The van der Waals surface area contributed by atoms with Crippen molar-refractivity contribution < 1.29 is 30.8 Å². The zero-order chi connectivity index (χ0) is 13.0. The fourth-order valence-electron chi connectivity index (χ4n) is 1.06. The van der Waals surface area contributed by atoms with Crippen molar-refractivity contribution >= 4 is 7.60 Å². The molecule has 0 radical (unpaired) electrons. The zero-order valence-corrected chi connectivity index (χ0v) is 13.2. The average molecular weight is 310 g/mol. The van der Waals surface area contributed by atoms with E-state index in [0.29, 0.717) is 12.3 Å². The largest absolute Gasteiger partial charge is 0.340 e. The second-order valence-electron chi connectivity index (χ2n) is 4.16. The summed E-state index contributed by atoms with van der Waals surface area (Å²) in [5.41, 5.74) is 0. The van der Waals surface area contributed by atoms with Crippen molar-refractivity contribution in [3.05, 3.63) is 6.92 Å². The molecule has 0 saturated carbocycles. The van der Waals surface area contributed by atoms with Crippen LogP contribution in [0.1, 0.15) is 59.3 Å². The summed E-state index contributed by atoms with van der Waals surface area (Å²) in [6.07, 6.45) is 6.69. The van der Waals surface area contributed by atoms with E-state index in [4.69, 9.17) is 9.79 Å². The van der Waals surface area contributed by atoms with E-state index in [1.54, 1.807) is 0 Å². The van der Waals surface area contributed by atoms with Crippen LogP contribution in [0.2, 0.25) is 0 Å². The van der Waals surface area contributed by atoms with Crippen LogP contribution < -0.4 is 0 Å². The van der Waals surface area contributed by atoms with Crippen LogP contribution in [-0.4, -0.2) is 15.9 Å². The quantitative estimate of drug-likeness (QED) is 0.424. The standard InChI is InChI=1S/C8H17.C4H11O3P.Ni/c1-4-6-7-8(3)5-2;1-2-3-4-8(5,6)7;/h8H,3-7H2,1-2H3;2-4H2,1H3,(H2,5,6,7);/q-1;;. The van der Waals surface area contributed by atoms with Crippen LogP contribution in [0.25, 0.3) is 0 Å². The zero-order valence-electron chi connectivity index (χ0n) is 11.3. The molecule has 0 aromatic heterocycles. The van der Waals surface area contributed by atoms with E-state index >= 15 is 0 Å². The molecule has 2 N–H and O–H groups in total. The third kappa shape index (κ3) is 26.3. The molecule has 3 nitrogen and oxygen atoms in total. The molecule has 0 aromatic carbocycles. The Kier molecular flexibility index (Phi) is 19.7. The van der Waals surface area contributed by atoms with E-state index < -0.39 is 7.60 Å². The topological polar surface area (TPSA) is 57.5 Å². The Hall–Kier alpha value is 0.644. The number of unbranched alkanes of at least 4 members (excludes halogenated alkanes) is 2. The molecule has 0 bridgehead atoms. The molecular weight excluding hydrogens is 282 g/mol. The second-order valence-corrected chi connectivity index (χ2v) is 5.93. The average Bonchev–Trinajstić information content (AvgIpc) is 2.22. The molecule has 0 spiro atoms. The number of hydrogen-bond acceptors (Lipinski definition) is 1. The van der Waals surface area contributed by atoms with Crippen LogP contribution in [0, 0.1) is 12.8 Å². The van der Waals surface area contributed by atoms with Crippen molar-refractivity contribution in [1.82, 2.24) is 0 Å². The van der Waals surface area contributed by atoms with Crippen molar-refractivity contribution in [3.63, 3.8) is 0 Å². The fraction of sp³-hybridized carbons (Fsp3) is 0.917. The van der Waals surface area contributed by atoms with E-state index in [9.17, 15) is 4.57 Å². The Morgan fingerprint density at radius 3 is 1.82 bits per heavy atom. The number of hydrogen-bond donors (Lipinski definition) is 2. The Morgan fingerprint density at radius 1 is 1.12 bits per heavy atom. The number of rotatable bonds is 7. The fourth-order valence-corrected chi connectivity index (χ4v) is 1.79. The van der Waals surface area contributed by atoms with Crippen LogP contribution in [0.5, 0.6) is 0 Å². The Morgan fingerprint density at radius 2 is 1.59 bits per heavy atom. The molecule has 1 unspecified atom stereocenters. The summed E-state index contributed by atoms with van der Waals surface area (Å²) >= 11 is 0. The molecule has 1 atom stereocenters. The molecular formula is C12H28NiO3P-. The van der Waals surface area contributed by atoms with E-state index in [1.165, 1.54) is 25.7 Å². The van der Waals surface area contributed by atoms with E-state index in [2.05, 4.69) is 20.8 Å². The second kappa shape index (κ2) is 14.7. The van der Waals surface area contributed by atoms with E-state index in [-0.39, 0.29) is 22.7 Å². The smallest absolute Gasteiger partial charge is 0.325 e. The van der Waals surface area contributed by atoms with Gasteiger partial charge < -0.3 is 16.7 Å². The molecule has 0 aliphatic heterocycles. The maximum absolute atomic E-state index is 10.1. The van der Waals surface area contributed by atoms with Gasteiger partial charge in [-0.2, -0.15) is 5.92 Å². The SMILES string of the molecule is CCCCP(=O)(O)O.[CH2-]C(CC)CCCC.[Ni]. The summed E-state index contributed by atoms with van der Waals surface area (Å²) in [6.45, 7) is 10.3. The van der Waals surface area contributed by atoms with Crippen LogP contribution in [0.15, 0.2) is 0 Å². The van der Waals surface area contributed by atoms with Gasteiger partial charge in [0.2, 0.25) is 0 Å². The van der Waals surface area contributed by atoms with Gasteiger partial charge in [0.05, 0.1) is 0 Å². The summed E-state index contributed by atoms with van der Waals surface area (Å²) < 4.78 is 10.1. The Labute approximate surface area is 117 Å². The van der Waals surface area contributed by atoms with Gasteiger partial charge in [0.25, 0.3) is 0 Å². The van der Waals surface area contributed by atoms with Crippen LogP contribution in [0.4, 0.5) is 0 Å². The van der Waals surface area contributed by atoms with E-state index in [0.717, 1.165) is 6.42 Å². The summed E-state index contributed by atoms with van der Waals surface area (Å²) in [7, 11) is -3.68. The molecule has 0 amide bonds. The third-order valence-electron chi connectivity index (χ3n) is 2.35. The maximum Gasteiger partial charge on any atom is 0.325 e. The molecule has 0 saturated heterocycles. The van der Waals surface area contributed by atoms with Crippen LogP contribution in [0.3, 0.4) is 0 Å². The van der Waals surface area contributed by atoms with Gasteiger partial charge in [0.1, 0.15) is 0 Å². The Bertz CT molecular complexity index is 183. The van der Waals surface area contributed by atoms with Crippen molar-refractivity contribution in [3.8, 4) is 0 Å². The predicted molar refractivity (Wildman–Crippen MR) is 70.5 cm³/mol. The first kappa shape index (κ1) is 22.8. The van der Waals surface area contributed by atoms with Crippen molar-refractivity contribution in [2.45, 2.75) is 59.3 Å². The first-order valence-corrected chi connectivity index (χ1v) is 8.04. The molecule has 0 aliphatic carbocycles. The maximum atomic E-state index is 10.1. The van der Waals surface area contributed by atoms with Gasteiger partial charge in [-0.1, -0.05) is 52.9 Å². The molecule has 17 heavy (non-hydrogen) atoms. The van der Waals surface area contributed by atoms with Gasteiger partial charge in [-0.3, -0.25) is 4.57 Å². The van der Waals surface area contributed by atoms with E-state index in [1.807, 2.05) is 6.92 Å². The van der Waals surface area contributed by atoms with Gasteiger partial charge in [0, 0.05) is 22.7 Å². The van der Waals surface area contributed by atoms with Gasteiger partial charge >= 0.3 is 7.60 Å². The molecule has 0 heterocycles. The normalized spacial score (nSPS) is 12.1. The molecule has 0 rings (SSSR count). The van der Waals surface area contributed by atoms with Gasteiger partial charge in [-0.25, -0.2) is 0 Å². The minimum absolute atomic E-state index is 0. The summed E-state index contributed by atoms with van der Waals surface area (Å²) in [6, 6.07) is 0. The minimum atomic E-state index is -3.68. The molecule has 5 heteroatoms. The third-order valence-corrected chi connectivity index (χ3v) is 3.25. The van der Waals surface area contributed by atoms with Crippen molar-refractivity contribution in [1.29, 1.82) is 0 Å². The summed E-state index contributed by atoms with van der Waals surface area (Å²) in [4.78, 5) is 16.5. The summed E-state index contributed by atoms with van der Waals surface area (Å²) in [5, 5.41) is 0. The predicted octanol–water partition coefficient (Wildman–Crippen LogP) is 4.00. The minimum Gasteiger partial charge on any atom is -0.340 e. The Balaban J connectivity index is -0.000000218. The van der Waals surface area contributed by atoms with Gasteiger partial charge in [-0.15, -0.1) is 0 Å². The van der Waals surface area contributed by atoms with Gasteiger partial charge in [-0.05, 0) is 6.42 Å². The molecule has 0 fully saturated rings. The first-order chi connectivity index (χ1) is 7.37. The van der Waals surface area contributed by atoms with Crippen molar-refractivity contribution in [2.75, 3.05) is 6.16 Å². The summed E-state index contributed by atoms with van der Waals surface area (Å²) in [5.74, 6) is 0.704. The molecule has 0 aliphatic rings. The van der Waals surface area contributed by atoms with Crippen LogP contribution >= 0.6 is 7.60 Å². The molecule has 110 valence electrons. The molecule has 0 aromatic rings. The monoisotopic (exact) mass is 309 g/mol. The van der Waals surface area contributed by atoms with Crippen molar-refractivity contribution in [2.24, 2.45) is 5.92 Å². The first-order valence-electron chi connectivity index (χ1n) is 6.24. The van der Waals surface area contributed by atoms with Crippen LogP contribution in [-0.2, 0) is 21.1 Å².